The third-order valence-electron chi connectivity index (χ3n) is 2.69. The Kier molecular flexibility index (Phi) is 5.00. The molecule has 2 rings (SSSR count). The van der Waals surface area contributed by atoms with Crippen LogP contribution in [0.1, 0.15) is 31.5 Å². The van der Waals surface area contributed by atoms with Crippen LogP contribution >= 0.6 is 50.5 Å². The number of hydrogen-bond acceptors (Lipinski definition) is 3. The van der Waals surface area contributed by atoms with Gasteiger partial charge in [0, 0.05) is 15.3 Å². The van der Waals surface area contributed by atoms with E-state index in [1.165, 1.54) is 0 Å². The van der Waals surface area contributed by atoms with Crippen molar-refractivity contribution in [2.24, 2.45) is 0 Å². The number of hydrogen-bond donors (Lipinski definition) is 1. The van der Waals surface area contributed by atoms with Crippen molar-refractivity contribution in [3.05, 3.63) is 42.7 Å². The molecular formula is C14H15BrCl2N2S. The van der Waals surface area contributed by atoms with Gasteiger partial charge in [0.2, 0.25) is 0 Å². The zero-order chi connectivity index (χ0) is 14.9. The Bertz CT molecular complexity index is 620. The molecule has 0 fully saturated rings. The largest absolute Gasteiger partial charge is 0.378 e. The first-order chi connectivity index (χ1) is 9.29. The summed E-state index contributed by atoms with van der Waals surface area (Å²) in [6.07, 6.45) is 0. The van der Waals surface area contributed by atoms with E-state index in [0.717, 1.165) is 20.9 Å². The van der Waals surface area contributed by atoms with Crippen LogP contribution in [0.15, 0.2) is 22.0 Å². The molecule has 0 saturated heterocycles. The maximum atomic E-state index is 6.20. The molecule has 0 spiro atoms. The summed E-state index contributed by atoms with van der Waals surface area (Å²) < 4.78 is 0.790. The van der Waals surface area contributed by atoms with E-state index in [-0.39, 0.29) is 5.41 Å². The molecule has 1 aromatic carbocycles. The van der Waals surface area contributed by atoms with Crippen molar-refractivity contribution < 1.29 is 0 Å². The summed E-state index contributed by atoms with van der Waals surface area (Å²) in [5.74, 6) is 0. The van der Waals surface area contributed by atoms with Crippen LogP contribution in [-0.4, -0.2) is 4.98 Å². The van der Waals surface area contributed by atoms with E-state index in [4.69, 9.17) is 23.2 Å². The first-order valence-corrected chi connectivity index (χ1v) is 8.54. The number of anilines is 1. The van der Waals surface area contributed by atoms with Crippen molar-refractivity contribution >= 4 is 56.2 Å². The molecule has 20 heavy (non-hydrogen) atoms. The van der Waals surface area contributed by atoms with E-state index < -0.39 is 0 Å². The lowest BCUT2D eigenvalue weighted by Gasteiger charge is -2.13. The number of halogens is 3. The minimum Gasteiger partial charge on any atom is -0.378 e. The molecule has 1 aromatic heterocycles. The number of benzene rings is 1. The monoisotopic (exact) mass is 392 g/mol. The standard InChI is InChI=1S/C14H15BrCl2N2S/c1-14(2,3)13-19-8(7-20-13)6-18-10-5-4-9(15)11(16)12(10)17/h4-5,7,18H,6H2,1-3H3. The van der Waals surface area contributed by atoms with Crippen LogP contribution in [0.2, 0.25) is 10.0 Å². The van der Waals surface area contributed by atoms with Gasteiger partial charge in [0.1, 0.15) is 0 Å². The van der Waals surface area contributed by atoms with E-state index >= 15 is 0 Å². The first-order valence-electron chi connectivity index (χ1n) is 6.11. The van der Waals surface area contributed by atoms with Gasteiger partial charge in [-0.1, -0.05) is 44.0 Å². The molecule has 0 unspecified atom stereocenters. The van der Waals surface area contributed by atoms with Crippen molar-refractivity contribution in [1.29, 1.82) is 0 Å². The topological polar surface area (TPSA) is 24.9 Å². The fraction of sp³-hybridized carbons (Fsp3) is 0.357. The molecule has 0 aliphatic carbocycles. The van der Waals surface area contributed by atoms with Gasteiger partial charge in [0.05, 0.1) is 33.0 Å². The van der Waals surface area contributed by atoms with Crippen LogP contribution in [0.4, 0.5) is 5.69 Å². The SMILES string of the molecule is CC(C)(C)c1nc(CNc2ccc(Br)c(Cl)c2Cl)cs1. The van der Waals surface area contributed by atoms with Gasteiger partial charge in [-0.3, -0.25) is 0 Å². The van der Waals surface area contributed by atoms with Gasteiger partial charge in [-0.15, -0.1) is 11.3 Å². The number of nitrogens with zero attached hydrogens (tertiary/aromatic N) is 1. The minimum atomic E-state index is 0.0848. The van der Waals surface area contributed by atoms with Gasteiger partial charge >= 0.3 is 0 Å². The van der Waals surface area contributed by atoms with Crippen LogP contribution in [0, 0.1) is 0 Å². The Morgan fingerprint density at radius 3 is 2.55 bits per heavy atom. The van der Waals surface area contributed by atoms with Gasteiger partial charge < -0.3 is 5.32 Å². The highest BCUT2D eigenvalue weighted by Gasteiger charge is 2.18. The molecule has 2 nitrogen and oxygen atoms in total. The molecule has 0 aliphatic heterocycles. The quantitative estimate of drug-likeness (QED) is 0.635. The molecule has 1 heterocycles. The molecule has 0 saturated carbocycles. The van der Waals surface area contributed by atoms with E-state index in [1.807, 2.05) is 12.1 Å². The molecule has 108 valence electrons. The number of aromatic nitrogens is 1. The molecule has 0 atom stereocenters. The molecule has 0 amide bonds. The lowest BCUT2D eigenvalue weighted by Crippen LogP contribution is -2.11. The van der Waals surface area contributed by atoms with Crippen molar-refractivity contribution in [2.45, 2.75) is 32.7 Å². The average Bonchev–Trinajstić information content (AvgIpc) is 2.84. The second-order valence-electron chi connectivity index (χ2n) is 5.47. The molecule has 6 heteroatoms. The van der Waals surface area contributed by atoms with Crippen LogP contribution in [0.25, 0.3) is 0 Å². The lowest BCUT2D eigenvalue weighted by molar-refractivity contribution is 0.583. The summed E-state index contributed by atoms with van der Waals surface area (Å²) in [5.41, 5.74) is 1.90. The summed E-state index contributed by atoms with van der Waals surface area (Å²) in [7, 11) is 0. The zero-order valence-corrected chi connectivity index (χ0v) is 15.3. The zero-order valence-electron chi connectivity index (χ0n) is 11.4. The Morgan fingerprint density at radius 1 is 1.25 bits per heavy atom. The van der Waals surface area contributed by atoms with Crippen LogP contribution in [0.5, 0.6) is 0 Å². The normalized spacial score (nSPS) is 11.7. The van der Waals surface area contributed by atoms with Gasteiger partial charge in [-0.05, 0) is 28.1 Å². The van der Waals surface area contributed by atoms with Crippen molar-refractivity contribution in [1.82, 2.24) is 4.98 Å². The molecule has 0 aliphatic rings. The fourth-order valence-electron chi connectivity index (χ4n) is 1.58. The molecule has 2 aromatic rings. The molecule has 0 bridgehead atoms. The Hall–Kier alpha value is -0.290. The van der Waals surface area contributed by atoms with Crippen molar-refractivity contribution in [3.63, 3.8) is 0 Å². The molecule has 1 N–H and O–H groups in total. The van der Waals surface area contributed by atoms with E-state index in [9.17, 15) is 0 Å². The van der Waals surface area contributed by atoms with Crippen molar-refractivity contribution in [3.8, 4) is 0 Å². The van der Waals surface area contributed by atoms with Crippen LogP contribution in [-0.2, 0) is 12.0 Å². The third-order valence-corrected chi connectivity index (χ3v) is 5.78. The summed E-state index contributed by atoms with van der Waals surface area (Å²) >= 11 is 17.3. The highest BCUT2D eigenvalue weighted by molar-refractivity contribution is 9.10. The number of nitrogens with one attached hydrogen (secondary N) is 1. The second-order valence-corrected chi connectivity index (χ2v) is 7.94. The van der Waals surface area contributed by atoms with Gasteiger partial charge in [0.15, 0.2) is 0 Å². The summed E-state index contributed by atoms with van der Waals surface area (Å²) in [6, 6.07) is 3.77. The smallest absolute Gasteiger partial charge is 0.0982 e. The summed E-state index contributed by atoms with van der Waals surface area (Å²) in [5, 5.41) is 7.51. The van der Waals surface area contributed by atoms with Gasteiger partial charge in [0.25, 0.3) is 0 Å². The first kappa shape index (κ1) is 16.1. The molecule has 0 radical (unpaired) electrons. The number of thiazole rings is 1. The van der Waals surface area contributed by atoms with E-state index in [1.54, 1.807) is 11.3 Å². The Balaban J connectivity index is 2.10. The Labute approximate surface area is 141 Å². The predicted molar refractivity (Wildman–Crippen MR) is 92.3 cm³/mol. The van der Waals surface area contributed by atoms with E-state index in [2.05, 4.69) is 52.4 Å². The summed E-state index contributed by atoms with van der Waals surface area (Å²) in [4.78, 5) is 4.64. The molecular weight excluding hydrogens is 379 g/mol. The van der Waals surface area contributed by atoms with Gasteiger partial charge in [-0.25, -0.2) is 4.98 Å². The predicted octanol–water partition coefficient (Wildman–Crippen LogP) is 6.12. The maximum absolute atomic E-state index is 6.20. The van der Waals surface area contributed by atoms with Crippen molar-refractivity contribution in [2.75, 3.05) is 5.32 Å². The van der Waals surface area contributed by atoms with E-state index in [0.29, 0.717) is 16.6 Å². The van der Waals surface area contributed by atoms with Crippen LogP contribution < -0.4 is 5.32 Å². The Morgan fingerprint density at radius 2 is 1.95 bits per heavy atom. The fourth-order valence-corrected chi connectivity index (χ4v) is 3.33. The summed E-state index contributed by atoms with van der Waals surface area (Å²) in [6.45, 7) is 7.11. The van der Waals surface area contributed by atoms with Crippen LogP contribution in [0.3, 0.4) is 0 Å². The lowest BCUT2D eigenvalue weighted by atomic mass is 9.98. The number of rotatable bonds is 3. The third kappa shape index (κ3) is 3.67. The highest BCUT2D eigenvalue weighted by Crippen LogP contribution is 2.36. The average molecular weight is 394 g/mol. The van der Waals surface area contributed by atoms with Gasteiger partial charge in [-0.2, -0.15) is 0 Å². The highest BCUT2D eigenvalue weighted by atomic mass is 79.9. The maximum Gasteiger partial charge on any atom is 0.0982 e. The second kappa shape index (κ2) is 6.22. The minimum absolute atomic E-state index is 0.0848.